The second kappa shape index (κ2) is 3.58. The normalized spacial score (nSPS) is 30.9. The number of rotatable bonds is 2. The van der Waals surface area contributed by atoms with Gasteiger partial charge in [0.25, 0.3) is 0 Å². The Morgan fingerprint density at radius 3 is 2.23 bits per heavy atom. The van der Waals surface area contributed by atoms with Crippen molar-refractivity contribution >= 4 is 0 Å². The SMILES string of the molecule is CC(N)C1(C2CCCCC2)COC1. The van der Waals surface area contributed by atoms with Crippen LogP contribution in [0.3, 0.4) is 0 Å². The van der Waals surface area contributed by atoms with Gasteiger partial charge >= 0.3 is 0 Å². The molecule has 2 rings (SSSR count). The summed E-state index contributed by atoms with van der Waals surface area (Å²) in [5.74, 6) is 0.843. The predicted octanol–water partition coefficient (Wildman–Crippen LogP) is 1.93. The number of nitrogens with two attached hydrogens (primary N) is 1. The van der Waals surface area contributed by atoms with E-state index in [9.17, 15) is 0 Å². The van der Waals surface area contributed by atoms with Gasteiger partial charge in [0.15, 0.2) is 0 Å². The van der Waals surface area contributed by atoms with Gasteiger partial charge in [-0.15, -0.1) is 0 Å². The molecule has 0 spiro atoms. The van der Waals surface area contributed by atoms with Crippen LogP contribution in [0.15, 0.2) is 0 Å². The highest BCUT2D eigenvalue weighted by molar-refractivity contribution is 4.98. The van der Waals surface area contributed by atoms with Crippen molar-refractivity contribution in [3.8, 4) is 0 Å². The fourth-order valence-corrected chi connectivity index (χ4v) is 2.89. The van der Waals surface area contributed by atoms with E-state index in [1.165, 1.54) is 32.1 Å². The number of ether oxygens (including phenoxy) is 1. The van der Waals surface area contributed by atoms with E-state index in [0.717, 1.165) is 19.1 Å². The Kier molecular flexibility index (Phi) is 2.61. The van der Waals surface area contributed by atoms with Crippen LogP contribution in [0.25, 0.3) is 0 Å². The fourth-order valence-electron chi connectivity index (χ4n) is 2.89. The third-order valence-electron chi connectivity index (χ3n) is 4.07. The molecule has 0 aromatic rings. The maximum absolute atomic E-state index is 6.08. The van der Waals surface area contributed by atoms with Crippen LogP contribution in [0.4, 0.5) is 0 Å². The van der Waals surface area contributed by atoms with Crippen molar-refractivity contribution in [3.05, 3.63) is 0 Å². The van der Waals surface area contributed by atoms with E-state index in [-0.39, 0.29) is 0 Å². The lowest BCUT2D eigenvalue weighted by Crippen LogP contribution is -2.58. The molecular formula is C11H21NO. The van der Waals surface area contributed by atoms with Gasteiger partial charge in [-0.2, -0.15) is 0 Å². The van der Waals surface area contributed by atoms with Crippen molar-refractivity contribution in [3.63, 3.8) is 0 Å². The van der Waals surface area contributed by atoms with Crippen molar-refractivity contribution in [1.82, 2.24) is 0 Å². The number of hydrogen-bond acceptors (Lipinski definition) is 2. The van der Waals surface area contributed by atoms with E-state index in [4.69, 9.17) is 10.5 Å². The fraction of sp³-hybridized carbons (Fsp3) is 1.00. The molecule has 1 unspecified atom stereocenters. The molecule has 2 heteroatoms. The second-order valence-corrected chi connectivity index (χ2v) is 4.85. The minimum absolute atomic E-state index is 0.310. The highest BCUT2D eigenvalue weighted by Gasteiger charge is 2.48. The topological polar surface area (TPSA) is 35.2 Å². The zero-order valence-corrected chi connectivity index (χ0v) is 8.59. The smallest absolute Gasteiger partial charge is 0.0562 e. The molecule has 0 aromatic carbocycles. The van der Waals surface area contributed by atoms with E-state index in [1.807, 2.05) is 0 Å². The summed E-state index contributed by atoms with van der Waals surface area (Å²) in [6.07, 6.45) is 6.99. The summed E-state index contributed by atoms with van der Waals surface area (Å²) in [5.41, 5.74) is 6.43. The first-order valence-electron chi connectivity index (χ1n) is 5.59. The van der Waals surface area contributed by atoms with Gasteiger partial charge < -0.3 is 10.5 Å². The van der Waals surface area contributed by atoms with Gasteiger partial charge in [0.05, 0.1) is 13.2 Å². The summed E-state index contributed by atoms with van der Waals surface area (Å²) in [7, 11) is 0. The molecule has 1 atom stereocenters. The molecule has 0 bridgehead atoms. The molecule has 1 aliphatic heterocycles. The monoisotopic (exact) mass is 183 g/mol. The first-order valence-corrected chi connectivity index (χ1v) is 5.59. The summed E-state index contributed by atoms with van der Waals surface area (Å²) in [5, 5.41) is 0. The molecule has 13 heavy (non-hydrogen) atoms. The molecule has 1 aliphatic carbocycles. The molecule has 2 aliphatic rings. The van der Waals surface area contributed by atoms with Crippen LogP contribution in [0, 0.1) is 11.3 Å². The standard InChI is InChI=1S/C11H21NO/c1-9(12)11(7-13-8-11)10-5-3-2-4-6-10/h9-10H,2-8,12H2,1H3. The molecular weight excluding hydrogens is 162 g/mol. The predicted molar refractivity (Wildman–Crippen MR) is 53.5 cm³/mol. The van der Waals surface area contributed by atoms with Gasteiger partial charge in [-0.25, -0.2) is 0 Å². The quantitative estimate of drug-likeness (QED) is 0.710. The van der Waals surface area contributed by atoms with Crippen LogP contribution in [-0.4, -0.2) is 19.3 Å². The first kappa shape index (κ1) is 9.47. The van der Waals surface area contributed by atoms with Crippen molar-refractivity contribution in [1.29, 1.82) is 0 Å². The molecule has 76 valence electrons. The number of hydrogen-bond donors (Lipinski definition) is 1. The van der Waals surface area contributed by atoms with Gasteiger partial charge in [-0.3, -0.25) is 0 Å². The van der Waals surface area contributed by atoms with Crippen LogP contribution < -0.4 is 5.73 Å². The third-order valence-corrected chi connectivity index (χ3v) is 4.07. The van der Waals surface area contributed by atoms with Crippen molar-refractivity contribution < 1.29 is 4.74 Å². The zero-order chi connectivity index (χ0) is 9.31. The minimum Gasteiger partial charge on any atom is -0.380 e. The molecule has 2 fully saturated rings. The summed E-state index contributed by atoms with van der Waals surface area (Å²) >= 11 is 0. The summed E-state index contributed by atoms with van der Waals surface area (Å²) in [4.78, 5) is 0. The average Bonchev–Trinajstić information content (AvgIpc) is 2.03. The summed E-state index contributed by atoms with van der Waals surface area (Å²) in [6.45, 7) is 3.97. The molecule has 1 saturated carbocycles. The van der Waals surface area contributed by atoms with Gasteiger partial charge in [0.1, 0.15) is 0 Å². The van der Waals surface area contributed by atoms with Gasteiger partial charge in [0.2, 0.25) is 0 Å². The Morgan fingerprint density at radius 2 is 1.85 bits per heavy atom. The highest BCUT2D eigenvalue weighted by atomic mass is 16.5. The minimum atomic E-state index is 0.310. The molecule has 2 N–H and O–H groups in total. The second-order valence-electron chi connectivity index (χ2n) is 4.85. The molecule has 0 radical (unpaired) electrons. The van der Waals surface area contributed by atoms with Crippen LogP contribution in [0.2, 0.25) is 0 Å². The molecule has 0 aromatic heterocycles. The molecule has 0 amide bonds. The Hall–Kier alpha value is -0.0800. The van der Waals surface area contributed by atoms with Crippen LogP contribution in [-0.2, 0) is 4.74 Å². The van der Waals surface area contributed by atoms with Crippen molar-refractivity contribution in [2.75, 3.05) is 13.2 Å². The van der Waals surface area contributed by atoms with Crippen molar-refractivity contribution in [2.45, 2.75) is 45.1 Å². The molecule has 1 heterocycles. The maximum Gasteiger partial charge on any atom is 0.0562 e. The molecule has 2 nitrogen and oxygen atoms in total. The van der Waals surface area contributed by atoms with E-state index in [0.29, 0.717) is 11.5 Å². The summed E-state index contributed by atoms with van der Waals surface area (Å²) in [6, 6.07) is 0.310. The average molecular weight is 183 g/mol. The van der Waals surface area contributed by atoms with Crippen LogP contribution in [0.5, 0.6) is 0 Å². The third kappa shape index (κ3) is 1.50. The van der Waals surface area contributed by atoms with E-state index < -0.39 is 0 Å². The van der Waals surface area contributed by atoms with E-state index >= 15 is 0 Å². The lowest BCUT2D eigenvalue weighted by atomic mass is 9.64. The van der Waals surface area contributed by atoms with E-state index in [1.54, 1.807) is 0 Å². The van der Waals surface area contributed by atoms with Gasteiger partial charge in [-0.1, -0.05) is 19.3 Å². The van der Waals surface area contributed by atoms with Gasteiger partial charge in [0, 0.05) is 11.5 Å². The van der Waals surface area contributed by atoms with Crippen LogP contribution >= 0.6 is 0 Å². The van der Waals surface area contributed by atoms with Crippen molar-refractivity contribution in [2.24, 2.45) is 17.1 Å². The largest absolute Gasteiger partial charge is 0.380 e. The molecule has 1 saturated heterocycles. The highest BCUT2D eigenvalue weighted by Crippen LogP contribution is 2.45. The first-order chi connectivity index (χ1) is 6.26. The van der Waals surface area contributed by atoms with E-state index in [2.05, 4.69) is 6.92 Å². The zero-order valence-electron chi connectivity index (χ0n) is 8.59. The Labute approximate surface area is 80.8 Å². The lowest BCUT2D eigenvalue weighted by molar-refractivity contribution is -0.162. The van der Waals surface area contributed by atoms with Crippen LogP contribution in [0.1, 0.15) is 39.0 Å². The Balaban J connectivity index is 2.02. The maximum atomic E-state index is 6.08. The summed E-state index contributed by atoms with van der Waals surface area (Å²) < 4.78 is 5.37. The Bertz CT molecular complexity index is 169. The lowest BCUT2D eigenvalue weighted by Gasteiger charge is -2.51. The Morgan fingerprint density at radius 1 is 1.23 bits per heavy atom. The van der Waals surface area contributed by atoms with Gasteiger partial charge in [-0.05, 0) is 25.7 Å².